The van der Waals surface area contributed by atoms with Crippen molar-refractivity contribution in [3.63, 3.8) is 0 Å². The molecule has 5 heteroatoms. The van der Waals surface area contributed by atoms with Crippen LogP contribution < -0.4 is 0 Å². The van der Waals surface area contributed by atoms with Crippen LogP contribution in [0.1, 0.15) is 68.8 Å². The average Bonchev–Trinajstić information content (AvgIpc) is 3.77. The Morgan fingerprint density at radius 3 is 2.22 bits per heavy atom. The molecule has 0 saturated heterocycles. The minimum Gasteiger partial charge on any atom is -0.471 e. The van der Waals surface area contributed by atoms with Gasteiger partial charge in [-0.1, -0.05) is 69.3 Å². The second kappa shape index (κ2) is 14.7. The normalized spacial score (nSPS) is 13.2. The summed E-state index contributed by atoms with van der Waals surface area (Å²) in [6.07, 6.45) is 8.76. The largest absolute Gasteiger partial charge is 0.471 e. The first-order valence-corrected chi connectivity index (χ1v) is 13.5. The summed E-state index contributed by atoms with van der Waals surface area (Å²) in [7, 11) is 1.31. The van der Waals surface area contributed by atoms with Crippen LogP contribution in [0.15, 0.2) is 60.8 Å². The molecular weight excluding hydrogens is 458 g/mol. The Labute approximate surface area is 223 Å². The summed E-state index contributed by atoms with van der Waals surface area (Å²) in [5.41, 5.74) is 7.99. The minimum atomic E-state index is 0.362. The molecule has 0 amide bonds. The fourth-order valence-corrected chi connectivity index (χ4v) is 4.99. The summed E-state index contributed by atoms with van der Waals surface area (Å²) in [6, 6.07) is 18.0. The predicted octanol–water partition coefficient (Wildman–Crippen LogP) is 6.83. The molecule has 1 radical (unpaired) electrons. The Hall–Kier alpha value is -3.02. The van der Waals surface area contributed by atoms with Crippen LogP contribution in [-0.2, 0) is 22.6 Å². The van der Waals surface area contributed by atoms with Crippen LogP contribution in [0.5, 0.6) is 0 Å². The molecule has 1 atom stereocenters. The molecule has 5 nitrogen and oxygen atoms in total. The molecule has 0 N–H and O–H groups in total. The van der Waals surface area contributed by atoms with Crippen LogP contribution in [0.25, 0.3) is 16.5 Å². The second-order valence-electron chi connectivity index (χ2n) is 9.52. The van der Waals surface area contributed by atoms with Crippen molar-refractivity contribution in [3.05, 3.63) is 89.5 Å². The lowest BCUT2D eigenvalue weighted by atomic mass is 9.94. The van der Waals surface area contributed by atoms with Gasteiger partial charge < -0.3 is 4.74 Å². The van der Waals surface area contributed by atoms with Crippen molar-refractivity contribution in [2.24, 2.45) is 0 Å². The molecule has 0 bridgehead atoms. The Balaban J connectivity index is 0.000000886. The number of allylic oxidation sites excluding steroid dienone is 2. The average molecular weight is 501 g/mol. The molecule has 37 heavy (non-hydrogen) atoms. The lowest BCUT2D eigenvalue weighted by molar-refractivity contribution is -0.126. The summed E-state index contributed by atoms with van der Waals surface area (Å²) in [5.74, 6) is 0. The molecule has 0 saturated carbocycles. The number of nitrogens with zero attached hydrogens (tertiary/aromatic N) is 3. The Kier molecular flexibility index (Phi) is 11.3. The number of carbonyl (C=O) groups is 1. The van der Waals surface area contributed by atoms with Gasteiger partial charge in [-0.05, 0) is 67.7 Å². The first-order valence-electron chi connectivity index (χ1n) is 13.5. The van der Waals surface area contributed by atoms with Gasteiger partial charge in [0, 0.05) is 42.7 Å². The molecule has 1 aromatic heterocycles. The van der Waals surface area contributed by atoms with Crippen molar-refractivity contribution in [1.82, 2.24) is 14.8 Å². The molecule has 4 rings (SSSR count). The standard InChI is InChI=1S/C30H38N3.C2H4O2/c1-5-18-32(19-6-2)21-26-20-27(22-33(7-3)23(4)24-12-9-8-10-13-24)29(25-15-16-25)30-28(26)14-11-17-31-30;1-4-2-3/h8-17,20,23H,5-7,18-19,21-22H2,1-4H3;2H,1H3. The number of fused-ring (bicyclic) bond motifs is 1. The third-order valence-corrected chi connectivity index (χ3v) is 6.86. The van der Waals surface area contributed by atoms with Crippen molar-refractivity contribution in [2.75, 3.05) is 26.7 Å². The number of pyridine rings is 1. The summed E-state index contributed by atoms with van der Waals surface area (Å²) >= 11 is 0. The highest BCUT2D eigenvalue weighted by molar-refractivity contribution is 6.01. The fraction of sp³-hybridized carbons (Fsp3) is 0.406. The molecule has 1 aliphatic carbocycles. The van der Waals surface area contributed by atoms with Gasteiger partial charge in [-0.25, -0.2) is 0 Å². The van der Waals surface area contributed by atoms with Crippen LogP contribution in [0.3, 0.4) is 0 Å². The van der Waals surface area contributed by atoms with E-state index in [0.29, 0.717) is 12.5 Å². The van der Waals surface area contributed by atoms with Gasteiger partial charge in [0.15, 0.2) is 0 Å². The lowest BCUT2D eigenvalue weighted by Gasteiger charge is -2.30. The number of methoxy groups -OCH3 is 1. The summed E-state index contributed by atoms with van der Waals surface area (Å²) < 4.78 is 3.86. The number of hydrogen-bond donors (Lipinski definition) is 0. The molecule has 0 fully saturated rings. The van der Waals surface area contributed by atoms with Crippen LogP contribution in [0.4, 0.5) is 0 Å². The lowest BCUT2D eigenvalue weighted by Crippen LogP contribution is -2.27. The van der Waals surface area contributed by atoms with Crippen molar-refractivity contribution in [3.8, 4) is 0 Å². The number of hydrogen-bond acceptors (Lipinski definition) is 5. The summed E-state index contributed by atoms with van der Waals surface area (Å²) in [6.45, 7) is 14.7. The van der Waals surface area contributed by atoms with Gasteiger partial charge >= 0.3 is 0 Å². The maximum atomic E-state index is 8.95. The van der Waals surface area contributed by atoms with E-state index in [1.54, 1.807) is 0 Å². The van der Waals surface area contributed by atoms with E-state index in [9.17, 15) is 0 Å². The molecule has 0 aliphatic heterocycles. The molecule has 1 heterocycles. The van der Waals surface area contributed by atoms with Gasteiger partial charge in [0.1, 0.15) is 0 Å². The number of aromatic nitrogens is 1. The topological polar surface area (TPSA) is 45.7 Å². The molecule has 3 aromatic rings. The van der Waals surface area contributed by atoms with Gasteiger partial charge in [0.2, 0.25) is 0 Å². The van der Waals surface area contributed by atoms with Crippen molar-refractivity contribution < 1.29 is 9.53 Å². The quantitative estimate of drug-likeness (QED) is 0.241. The van der Waals surface area contributed by atoms with Crippen LogP contribution in [0, 0.1) is 6.42 Å². The highest BCUT2D eigenvalue weighted by atomic mass is 16.5. The number of benzene rings is 2. The van der Waals surface area contributed by atoms with E-state index in [2.05, 4.69) is 103 Å². The number of rotatable bonds is 13. The highest BCUT2D eigenvalue weighted by Gasteiger charge is 2.24. The third-order valence-electron chi connectivity index (χ3n) is 6.86. The summed E-state index contributed by atoms with van der Waals surface area (Å²) in [5, 5.41) is 1.30. The Morgan fingerprint density at radius 1 is 0.973 bits per heavy atom. The monoisotopic (exact) mass is 500 g/mol. The van der Waals surface area contributed by atoms with E-state index in [1.807, 2.05) is 6.20 Å². The van der Waals surface area contributed by atoms with Crippen LogP contribution in [0.2, 0.25) is 0 Å². The predicted molar refractivity (Wildman–Crippen MR) is 154 cm³/mol. The van der Waals surface area contributed by atoms with Crippen molar-refractivity contribution in [1.29, 1.82) is 0 Å². The highest BCUT2D eigenvalue weighted by Crippen LogP contribution is 2.39. The molecule has 1 unspecified atom stereocenters. The van der Waals surface area contributed by atoms with E-state index in [4.69, 9.17) is 9.78 Å². The van der Waals surface area contributed by atoms with Gasteiger partial charge in [-0.15, -0.1) is 0 Å². The minimum absolute atomic E-state index is 0.362. The van der Waals surface area contributed by atoms with E-state index >= 15 is 0 Å². The summed E-state index contributed by atoms with van der Waals surface area (Å²) in [4.78, 5) is 19.0. The van der Waals surface area contributed by atoms with E-state index in [-0.39, 0.29) is 0 Å². The van der Waals surface area contributed by atoms with E-state index in [0.717, 1.165) is 38.2 Å². The third kappa shape index (κ3) is 7.73. The molecular formula is C32H42N3O2. The van der Waals surface area contributed by atoms with Crippen LogP contribution >= 0.6 is 0 Å². The molecule has 0 spiro atoms. The first-order chi connectivity index (χ1) is 18.1. The first kappa shape index (κ1) is 28.5. The van der Waals surface area contributed by atoms with Gasteiger partial charge in [-0.2, -0.15) is 0 Å². The SMILES string of the molecule is CCCN(CCC)Cc1cc(CN(CC)C(C)c2ccccc2)c(C2=C[CH]2)c2ncccc12.COC=O. The smallest absolute Gasteiger partial charge is 0.292 e. The van der Waals surface area contributed by atoms with Crippen molar-refractivity contribution >= 4 is 22.9 Å². The molecule has 1 aliphatic rings. The fourth-order valence-electron chi connectivity index (χ4n) is 4.99. The van der Waals surface area contributed by atoms with Crippen molar-refractivity contribution in [2.45, 2.75) is 59.7 Å². The number of ether oxygens (including phenoxy) is 1. The zero-order chi connectivity index (χ0) is 26.6. The van der Waals surface area contributed by atoms with Gasteiger partial charge in [0.05, 0.1) is 12.6 Å². The van der Waals surface area contributed by atoms with E-state index < -0.39 is 0 Å². The zero-order valence-electron chi connectivity index (χ0n) is 23.1. The van der Waals surface area contributed by atoms with E-state index in [1.165, 1.54) is 53.2 Å². The Bertz CT molecular complexity index is 1150. The zero-order valence-corrected chi connectivity index (χ0v) is 23.1. The number of carbonyl (C=O) groups excluding carboxylic acids is 1. The van der Waals surface area contributed by atoms with Gasteiger partial charge in [0.25, 0.3) is 6.47 Å². The molecule has 197 valence electrons. The Morgan fingerprint density at radius 2 is 1.65 bits per heavy atom. The van der Waals surface area contributed by atoms with Gasteiger partial charge in [-0.3, -0.25) is 19.6 Å². The second-order valence-corrected chi connectivity index (χ2v) is 9.52. The maximum absolute atomic E-state index is 8.95. The maximum Gasteiger partial charge on any atom is 0.292 e. The van der Waals surface area contributed by atoms with Crippen LogP contribution in [-0.4, -0.2) is 48.0 Å². The molecule has 2 aromatic carbocycles.